The first-order valence-corrected chi connectivity index (χ1v) is 5.78. The van der Waals surface area contributed by atoms with Crippen molar-refractivity contribution in [2.45, 2.75) is 13.3 Å². The van der Waals surface area contributed by atoms with E-state index in [-0.39, 0.29) is 6.42 Å². The number of rotatable bonds is 5. The van der Waals surface area contributed by atoms with Gasteiger partial charge in [-0.15, -0.1) is 0 Å². The van der Waals surface area contributed by atoms with Crippen LogP contribution in [0.15, 0.2) is 12.7 Å². The number of nitrogens with two attached hydrogens (primary N) is 1. The molecule has 0 aliphatic carbocycles. The summed E-state index contributed by atoms with van der Waals surface area (Å²) in [5.41, 5.74) is 4.53. The van der Waals surface area contributed by atoms with Crippen molar-refractivity contribution in [3.05, 3.63) is 12.7 Å². The van der Waals surface area contributed by atoms with Crippen LogP contribution in [0.2, 0.25) is 0 Å². The summed E-state index contributed by atoms with van der Waals surface area (Å²) in [6, 6.07) is 0. The van der Waals surface area contributed by atoms with Crippen molar-refractivity contribution in [1.29, 1.82) is 0 Å². The van der Waals surface area contributed by atoms with Crippen LogP contribution in [0.4, 0.5) is 0 Å². The van der Waals surface area contributed by atoms with Gasteiger partial charge in [-0.2, -0.15) is 8.42 Å². The van der Waals surface area contributed by atoms with E-state index in [0.717, 1.165) is 6.08 Å². The van der Waals surface area contributed by atoms with Crippen molar-refractivity contribution in [3.8, 4) is 0 Å². The number of aliphatic carboxylic acids is 1. The van der Waals surface area contributed by atoms with E-state index >= 15 is 0 Å². The molecule has 7 nitrogen and oxygen atoms in total. The molecule has 0 fully saturated rings. The Hall–Kier alpha value is -1.41. The molecule has 8 heteroatoms. The average Bonchev–Trinajstić information content (AvgIpc) is 1.99. The first-order chi connectivity index (χ1) is 7.08. The highest BCUT2D eigenvalue weighted by Crippen LogP contribution is 2.04. The lowest BCUT2D eigenvalue weighted by atomic mass is 10.1. The van der Waals surface area contributed by atoms with Gasteiger partial charge in [0.1, 0.15) is 0 Å². The summed E-state index contributed by atoms with van der Waals surface area (Å²) in [4.78, 5) is 19.5. The molecule has 0 spiro atoms. The van der Waals surface area contributed by atoms with Crippen molar-refractivity contribution in [2.24, 2.45) is 11.7 Å². The molecule has 0 heterocycles. The van der Waals surface area contributed by atoms with Crippen molar-refractivity contribution in [1.82, 2.24) is 0 Å². The van der Waals surface area contributed by atoms with Crippen LogP contribution in [0.25, 0.3) is 0 Å². The van der Waals surface area contributed by atoms with Crippen LogP contribution < -0.4 is 5.73 Å². The minimum Gasteiger partial charge on any atom is -0.481 e. The van der Waals surface area contributed by atoms with E-state index in [1.54, 1.807) is 0 Å². The third kappa shape index (κ3) is 18.4. The Bertz CT molecular complexity index is 348. The van der Waals surface area contributed by atoms with Crippen molar-refractivity contribution >= 4 is 22.0 Å². The highest BCUT2D eigenvalue weighted by atomic mass is 32.2. The zero-order valence-corrected chi connectivity index (χ0v) is 9.61. The number of carbonyl (C=O) groups is 2. The van der Waals surface area contributed by atoms with E-state index in [1.807, 2.05) is 0 Å². The maximum Gasteiger partial charge on any atom is 0.303 e. The third-order valence-electron chi connectivity index (χ3n) is 1.22. The van der Waals surface area contributed by atoms with E-state index in [1.165, 1.54) is 6.92 Å². The predicted octanol–water partition coefficient (Wildman–Crippen LogP) is -0.357. The Balaban J connectivity index is 0. The van der Waals surface area contributed by atoms with Gasteiger partial charge in [-0.05, 0) is 12.0 Å². The zero-order valence-electron chi connectivity index (χ0n) is 8.79. The Morgan fingerprint density at radius 2 is 1.88 bits per heavy atom. The maximum atomic E-state index is 10.2. The molecule has 0 radical (unpaired) electrons. The quantitative estimate of drug-likeness (QED) is 0.452. The first kappa shape index (κ1) is 17.0. The van der Waals surface area contributed by atoms with E-state index < -0.39 is 33.7 Å². The van der Waals surface area contributed by atoms with Gasteiger partial charge in [0.2, 0.25) is 5.91 Å². The maximum absolute atomic E-state index is 10.2. The van der Waals surface area contributed by atoms with Gasteiger partial charge in [0.05, 0.1) is 5.75 Å². The van der Waals surface area contributed by atoms with Gasteiger partial charge in [0.25, 0.3) is 10.1 Å². The molecule has 1 amide bonds. The summed E-state index contributed by atoms with van der Waals surface area (Å²) in [5.74, 6) is -2.60. The summed E-state index contributed by atoms with van der Waals surface area (Å²) in [6.07, 6.45) is 0.805. The van der Waals surface area contributed by atoms with Gasteiger partial charge in [0, 0.05) is 6.42 Å². The molecule has 0 aliphatic heterocycles. The molecule has 94 valence electrons. The molecule has 0 rings (SSSR count). The van der Waals surface area contributed by atoms with Crippen LogP contribution >= 0.6 is 0 Å². The molecular formula is C8H15NO6S. The number of amides is 1. The number of carboxylic acid groups (broad SMARTS) is 1. The fraction of sp³-hybridized carbons (Fsp3) is 0.500. The van der Waals surface area contributed by atoms with E-state index in [0.29, 0.717) is 0 Å². The highest BCUT2D eigenvalue weighted by Gasteiger charge is 2.14. The van der Waals surface area contributed by atoms with Gasteiger partial charge in [-0.3, -0.25) is 14.1 Å². The lowest BCUT2D eigenvalue weighted by Crippen LogP contribution is -2.15. The normalized spacial score (nSPS) is 11.9. The highest BCUT2D eigenvalue weighted by molar-refractivity contribution is 7.85. The molecule has 0 aromatic heterocycles. The summed E-state index contributed by atoms with van der Waals surface area (Å²) in [6.45, 7) is 4.53. The third-order valence-corrected chi connectivity index (χ3v) is 2.21. The molecule has 16 heavy (non-hydrogen) atoms. The summed E-state index contributed by atoms with van der Waals surface area (Å²) < 4.78 is 28.7. The summed E-state index contributed by atoms with van der Waals surface area (Å²) >= 11 is 0. The topological polar surface area (TPSA) is 135 Å². The predicted molar refractivity (Wildman–Crippen MR) is 57.2 cm³/mol. The van der Waals surface area contributed by atoms with Gasteiger partial charge in [-0.1, -0.05) is 13.5 Å². The fourth-order valence-electron chi connectivity index (χ4n) is 0.717. The lowest BCUT2D eigenvalue weighted by molar-refractivity contribution is -0.137. The number of carboxylic acids is 1. The second-order valence-corrected chi connectivity index (χ2v) is 4.56. The molecule has 1 atom stereocenters. The second kappa shape index (κ2) is 7.83. The summed E-state index contributed by atoms with van der Waals surface area (Å²) in [7, 11) is -4.03. The van der Waals surface area contributed by atoms with Gasteiger partial charge in [-0.25, -0.2) is 0 Å². The Morgan fingerprint density at radius 3 is 2.06 bits per heavy atom. The summed E-state index contributed by atoms with van der Waals surface area (Å²) in [5, 5.41) is 8.20. The number of hydrogen-bond acceptors (Lipinski definition) is 4. The Morgan fingerprint density at radius 1 is 1.50 bits per heavy atom. The molecule has 0 bridgehead atoms. The van der Waals surface area contributed by atoms with Crippen LogP contribution in [0.5, 0.6) is 0 Å². The minimum absolute atomic E-state index is 0.250. The average molecular weight is 253 g/mol. The number of carbonyl (C=O) groups excluding carboxylic acids is 1. The molecule has 0 saturated heterocycles. The first-order valence-electron chi connectivity index (χ1n) is 4.17. The molecule has 4 N–H and O–H groups in total. The van der Waals surface area contributed by atoms with Gasteiger partial charge < -0.3 is 10.8 Å². The minimum atomic E-state index is -4.03. The standard InChI is InChI=1S/C5H10O5S.C3H5NO/c1-4(2-5(6)7)3-11(8,9)10;1-2-3(4)5/h4H,2-3H2,1H3,(H,6,7)(H,8,9,10);2H,1H2,(H2,4,5). The molecule has 1 unspecified atom stereocenters. The molecule has 0 aromatic carbocycles. The molecule has 0 aromatic rings. The zero-order chi connectivity index (χ0) is 13.4. The van der Waals surface area contributed by atoms with Crippen molar-refractivity contribution < 1.29 is 27.7 Å². The SMILES string of the molecule is C=CC(N)=O.CC(CC(=O)O)CS(=O)(=O)O. The smallest absolute Gasteiger partial charge is 0.303 e. The van der Waals surface area contributed by atoms with E-state index in [2.05, 4.69) is 12.3 Å². The lowest BCUT2D eigenvalue weighted by Gasteiger charge is -2.03. The van der Waals surface area contributed by atoms with E-state index in [9.17, 15) is 18.0 Å². The van der Waals surface area contributed by atoms with E-state index in [4.69, 9.17) is 9.66 Å². The fourth-order valence-corrected chi connectivity index (χ4v) is 1.55. The van der Waals surface area contributed by atoms with Crippen LogP contribution in [0, 0.1) is 5.92 Å². The van der Waals surface area contributed by atoms with Crippen LogP contribution in [0.1, 0.15) is 13.3 Å². The van der Waals surface area contributed by atoms with Gasteiger partial charge >= 0.3 is 5.97 Å². The van der Waals surface area contributed by atoms with Crippen LogP contribution in [0.3, 0.4) is 0 Å². The monoisotopic (exact) mass is 253 g/mol. The molecular weight excluding hydrogens is 238 g/mol. The second-order valence-electron chi connectivity index (χ2n) is 3.06. The van der Waals surface area contributed by atoms with Crippen LogP contribution in [-0.4, -0.2) is 35.7 Å². The largest absolute Gasteiger partial charge is 0.481 e. The van der Waals surface area contributed by atoms with Crippen molar-refractivity contribution in [3.63, 3.8) is 0 Å². The molecule has 0 saturated carbocycles. The number of hydrogen-bond donors (Lipinski definition) is 3. The van der Waals surface area contributed by atoms with Crippen molar-refractivity contribution in [2.75, 3.05) is 5.75 Å². The number of primary amides is 1. The molecule has 0 aliphatic rings. The van der Waals surface area contributed by atoms with Crippen LogP contribution in [-0.2, 0) is 19.7 Å². The Kier molecular flexibility index (Phi) is 8.32. The van der Waals surface area contributed by atoms with Gasteiger partial charge in [0.15, 0.2) is 0 Å². The Labute approximate surface area is 93.7 Å².